The fourth-order valence-corrected chi connectivity index (χ4v) is 3.28. The third kappa shape index (κ3) is 4.21. The lowest BCUT2D eigenvalue weighted by Gasteiger charge is -2.05. The number of hydrazone groups is 1. The Kier molecular flexibility index (Phi) is 5.61. The number of benzene rings is 2. The first-order valence-corrected chi connectivity index (χ1v) is 9.16. The van der Waals surface area contributed by atoms with Crippen LogP contribution in [0.1, 0.15) is 12.5 Å². The molecule has 1 aromatic heterocycles. The fraction of sp³-hybridized carbons (Fsp3) is 0.111. The molecule has 4 nitrogen and oxygen atoms in total. The third-order valence-corrected chi connectivity index (χ3v) is 4.57. The molecule has 0 aliphatic rings. The van der Waals surface area contributed by atoms with Gasteiger partial charge >= 0.3 is 0 Å². The molecular weight excluding hydrogens is 386 g/mol. The lowest BCUT2D eigenvalue weighted by molar-refractivity contribution is 0.338. The Morgan fingerprint density at radius 1 is 1.25 bits per heavy atom. The Bertz CT molecular complexity index is 833. The molecule has 0 bridgehead atoms. The van der Waals surface area contributed by atoms with Gasteiger partial charge in [-0.1, -0.05) is 30.3 Å². The van der Waals surface area contributed by atoms with Crippen molar-refractivity contribution >= 4 is 38.6 Å². The van der Waals surface area contributed by atoms with Gasteiger partial charge in [0.1, 0.15) is 5.75 Å². The topological polar surface area (TPSA) is 46.5 Å². The monoisotopic (exact) mass is 401 g/mol. The fourth-order valence-electron chi connectivity index (χ4n) is 2.10. The number of nitrogens with one attached hydrogen (secondary N) is 1. The van der Waals surface area contributed by atoms with Crippen LogP contribution in [-0.2, 0) is 0 Å². The first kappa shape index (κ1) is 16.7. The van der Waals surface area contributed by atoms with Crippen LogP contribution in [-0.4, -0.2) is 17.8 Å². The van der Waals surface area contributed by atoms with E-state index in [0.29, 0.717) is 6.61 Å². The maximum Gasteiger partial charge on any atom is 0.203 e. The molecule has 0 aliphatic heterocycles. The maximum atomic E-state index is 5.49. The SMILES string of the molecule is CCOc1ccc(/C=N\Nc2nc(-c3ccccc3)cs2)cc1Br. The molecule has 0 radical (unpaired) electrons. The smallest absolute Gasteiger partial charge is 0.203 e. The van der Waals surface area contributed by atoms with E-state index in [2.05, 4.69) is 31.4 Å². The van der Waals surface area contributed by atoms with Crippen LogP contribution < -0.4 is 10.2 Å². The second-order valence-electron chi connectivity index (χ2n) is 4.90. The number of aromatic nitrogens is 1. The molecule has 1 heterocycles. The van der Waals surface area contributed by atoms with Crippen LogP contribution in [0.3, 0.4) is 0 Å². The molecule has 2 aromatic carbocycles. The Hall–Kier alpha value is -2.18. The summed E-state index contributed by atoms with van der Waals surface area (Å²) in [6, 6.07) is 15.9. The Morgan fingerprint density at radius 3 is 2.83 bits per heavy atom. The van der Waals surface area contributed by atoms with E-state index in [0.717, 1.165) is 32.2 Å². The zero-order valence-corrected chi connectivity index (χ0v) is 15.5. The average molecular weight is 402 g/mol. The van der Waals surface area contributed by atoms with E-state index >= 15 is 0 Å². The van der Waals surface area contributed by atoms with Gasteiger partial charge in [-0.15, -0.1) is 11.3 Å². The number of hydrogen-bond acceptors (Lipinski definition) is 5. The van der Waals surface area contributed by atoms with Crippen LogP contribution in [0.25, 0.3) is 11.3 Å². The summed E-state index contributed by atoms with van der Waals surface area (Å²) in [4.78, 5) is 4.53. The Morgan fingerprint density at radius 2 is 2.08 bits per heavy atom. The lowest BCUT2D eigenvalue weighted by Crippen LogP contribution is -1.94. The number of nitrogens with zero attached hydrogens (tertiary/aromatic N) is 2. The first-order valence-electron chi connectivity index (χ1n) is 7.48. The van der Waals surface area contributed by atoms with Crippen LogP contribution in [0, 0.1) is 0 Å². The Balaban J connectivity index is 1.64. The average Bonchev–Trinajstić information content (AvgIpc) is 3.07. The molecule has 1 N–H and O–H groups in total. The van der Waals surface area contributed by atoms with Gasteiger partial charge in [0, 0.05) is 10.9 Å². The second-order valence-corrected chi connectivity index (χ2v) is 6.61. The van der Waals surface area contributed by atoms with Gasteiger partial charge in [0.25, 0.3) is 0 Å². The quantitative estimate of drug-likeness (QED) is 0.443. The number of ether oxygens (including phenoxy) is 1. The molecule has 122 valence electrons. The molecule has 6 heteroatoms. The summed E-state index contributed by atoms with van der Waals surface area (Å²) >= 11 is 5.02. The summed E-state index contributed by atoms with van der Waals surface area (Å²) in [6.07, 6.45) is 1.75. The summed E-state index contributed by atoms with van der Waals surface area (Å²) in [5, 5.41) is 7.02. The highest BCUT2D eigenvalue weighted by atomic mass is 79.9. The molecule has 0 aliphatic carbocycles. The first-order chi connectivity index (χ1) is 11.8. The van der Waals surface area contributed by atoms with Crippen LogP contribution in [0.15, 0.2) is 63.5 Å². The summed E-state index contributed by atoms with van der Waals surface area (Å²) in [7, 11) is 0. The molecule has 3 aromatic rings. The van der Waals surface area contributed by atoms with Gasteiger partial charge in [-0.2, -0.15) is 5.10 Å². The summed E-state index contributed by atoms with van der Waals surface area (Å²) in [5.41, 5.74) is 5.99. The normalized spacial score (nSPS) is 10.9. The molecule has 0 saturated carbocycles. The predicted molar refractivity (Wildman–Crippen MR) is 104 cm³/mol. The van der Waals surface area contributed by atoms with E-state index in [1.165, 1.54) is 11.3 Å². The van der Waals surface area contributed by atoms with Crippen molar-refractivity contribution in [1.29, 1.82) is 0 Å². The number of rotatable bonds is 6. The zero-order valence-electron chi connectivity index (χ0n) is 13.1. The van der Waals surface area contributed by atoms with Gasteiger partial charge < -0.3 is 4.74 Å². The Labute approximate surface area is 153 Å². The number of hydrogen-bond donors (Lipinski definition) is 1. The standard InChI is InChI=1S/C18H16BrN3OS/c1-2-23-17-9-8-13(10-15(17)19)11-20-22-18-21-16(12-24-18)14-6-4-3-5-7-14/h3-12H,2H2,1H3,(H,21,22)/b20-11-. The minimum absolute atomic E-state index is 0.640. The van der Waals surface area contributed by atoms with Gasteiger partial charge in [0.15, 0.2) is 0 Å². The highest BCUT2D eigenvalue weighted by Gasteiger charge is 2.03. The molecular formula is C18H16BrN3OS. The number of halogens is 1. The highest BCUT2D eigenvalue weighted by molar-refractivity contribution is 9.10. The minimum atomic E-state index is 0.640. The highest BCUT2D eigenvalue weighted by Crippen LogP contribution is 2.26. The molecule has 0 atom stereocenters. The molecule has 0 fully saturated rings. The van der Waals surface area contributed by atoms with Gasteiger partial charge in [-0.3, -0.25) is 5.43 Å². The van der Waals surface area contributed by atoms with Crippen molar-refractivity contribution < 1.29 is 4.74 Å². The molecule has 0 unspecified atom stereocenters. The van der Waals surface area contributed by atoms with Crippen molar-refractivity contribution in [3.8, 4) is 17.0 Å². The van der Waals surface area contributed by atoms with E-state index in [9.17, 15) is 0 Å². The van der Waals surface area contributed by atoms with E-state index in [1.807, 2.05) is 60.8 Å². The summed E-state index contributed by atoms with van der Waals surface area (Å²) in [5.74, 6) is 0.829. The number of anilines is 1. The lowest BCUT2D eigenvalue weighted by atomic mass is 10.2. The van der Waals surface area contributed by atoms with Crippen LogP contribution >= 0.6 is 27.3 Å². The molecule has 0 amide bonds. The van der Waals surface area contributed by atoms with Crippen molar-refractivity contribution in [2.24, 2.45) is 5.10 Å². The van der Waals surface area contributed by atoms with Crippen molar-refractivity contribution in [3.05, 3.63) is 63.9 Å². The van der Waals surface area contributed by atoms with E-state index in [-0.39, 0.29) is 0 Å². The van der Waals surface area contributed by atoms with Crippen LogP contribution in [0.2, 0.25) is 0 Å². The van der Waals surface area contributed by atoms with Crippen LogP contribution in [0.5, 0.6) is 5.75 Å². The maximum absolute atomic E-state index is 5.49. The van der Waals surface area contributed by atoms with Crippen molar-refractivity contribution in [1.82, 2.24) is 4.98 Å². The second kappa shape index (κ2) is 8.08. The van der Waals surface area contributed by atoms with Crippen molar-refractivity contribution in [3.63, 3.8) is 0 Å². The van der Waals surface area contributed by atoms with E-state index in [4.69, 9.17) is 4.74 Å². The minimum Gasteiger partial charge on any atom is -0.493 e. The van der Waals surface area contributed by atoms with Gasteiger partial charge in [-0.25, -0.2) is 4.98 Å². The van der Waals surface area contributed by atoms with Crippen molar-refractivity contribution in [2.75, 3.05) is 12.0 Å². The zero-order chi connectivity index (χ0) is 16.8. The van der Waals surface area contributed by atoms with Crippen molar-refractivity contribution in [2.45, 2.75) is 6.92 Å². The van der Waals surface area contributed by atoms with Gasteiger partial charge in [-0.05, 0) is 46.6 Å². The molecule has 3 rings (SSSR count). The van der Waals surface area contributed by atoms with Crippen LogP contribution in [0.4, 0.5) is 5.13 Å². The van der Waals surface area contributed by atoms with Gasteiger partial charge in [0.2, 0.25) is 5.13 Å². The molecule has 0 saturated heterocycles. The van der Waals surface area contributed by atoms with E-state index in [1.54, 1.807) is 6.21 Å². The molecule has 0 spiro atoms. The van der Waals surface area contributed by atoms with Gasteiger partial charge in [0.05, 0.1) is 23.0 Å². The largest absolute Gasteiger partial charge is 0.493 e. The summed E-state index contributed by atoms with van der Waals surface area (Å²) in [6.45, 7) is 2.60. The number of thiazole rings is 1. The summed E-state index contributed by atoms with van der Waals surface area (Å²) < 4.78 is 6.41. The molecule has 24 heavy (non-hydrogen) atoms. The predicted octanol–water partition coefficient (Wildman–Crippen LogP) is 5.42. The third-order valence-electron chi connectivity index (χ3n) is 3.20. The van der Waals surface area contributed by atoms with E-state index < -0.39 is 0 Å².